The summed E-state index contributed by atoms with van der Waals surface area (Å²) in [4.78, 5) is 16.1. The number of carbonyl (C=O) groups is 1. The number of rotatable bonds is 7. The highest BCUT2D eigenvalue weighted by molar-refractivity contribution is 7.99. The number of primary amides is 1. The summed E-state index contributed by atoms with van der Waals surface area (Å²) in [6.07, 6.45) is 5.51. The molecule has 3 N–H and O–H groups in total. The third-order valence-electron chi connectivity index (χ3n) is 4.12. The van der Waals surface area contributed by atoms with Crippen LogP contribution in [0.25, 0.3) is 0 Å². The first-order chi connectivity index (χ1) is 9.60. The van der Waals surface area contributed by atoms with Crippen molar-refractivity contribution in [3.05, 3.63) is 6.33 Å². The minimum Gasteiger partial charge on any atom is -0.368 e. The van der Waals surface area contributed by atoms with Gasteiger partial charge in [0.2, 0.25) is 5.91 Å². The molecule has 0 radical (unpaired) electrons. The summed E-state index contributed by atoms with van der Waals surface area (Å²) in [6.45, 7) is 2.80. The van der Waals surface area contributed by atoms with Crippen molar-refractivity contribution in [2.24, 2.45) is 18.7 Å². The molecule has 112 valence electrons. The highest BCUT2D eigenvalue weighted by Crippen LogP contribution is 2.38. The van der Waals surface area contributed by atoms with Crippen LogP contribution in [0.15, 0.2) is 11.5 Å². The van der Waals surface area contributed by atoms with E-state index < -0.39 is 5.54 Å². The third-order valence-corrected chi connectivity index (χ3v) is 5.19. The molecule has 0 saturated heterocycles. The van der Waals surface area contributed by atoms with Crippen LogP contribution in [0.4, 0.5) is 0 Å². The summed E-state index contributed by atoms with van der Waals surface area (Å²) in [5, 5.41) is 8.31. The fraction of sp³-hybridized carbons (Fsp3) is 0.769. The van der Waals surface area contributed by atoms with Crippen molar-refractivity contribution in [1.82, 2.24) is 20.1 Å². The molecule has 1 heterocycles. The minimum atomic E-state index is -0.505. The van der Waals surface area contributed by atoms with E-state index in [0.29, 0.717) is 5.92 Å². The second-order valence-electron chi connectivity index (χ2n) is 5.26. The molecular formula is C13H23N5OS. The van der Waals surface area contributed by atoms with Crippen molar-refractivity contribution in [3.8, 4) is 0 Å². The van der Waals surface area contributed by atoms with Crippen molar-refractivity contribution in [3.63, 3.8) is 0 Å². The number of nitrogens with zero attached hydrogens (tertiary/aromatic N) is 3. The highest BCUT2D eigenvalue weighted by atomic mass is 32.2. The van der Waals surface area contributed by atoms with Crippen molar-refractivity contribution in [1.29, 1.82) is 0 Å². The lowest BCUT2D eigenvalue weighted by molar-refractivity contribution is -0.125. The number of thioether (sulfide) groups is 1. The van der Waals surface area contributed by atoms with Crippen LogP contribution in [-0.4, -0.2) is 38.5 Å². The molecule has 1 amide bonds. The summed E-state index contributed by atoms with van der Waals surface area (Å²) < 4.78 is 1.77. The van der Waals surface area contributed by atoms with E-state index in [1.54, 1.807) is 22.8 Å². The Hall–Kier alpha value is -1.08. The zero-order valence-corrected chi connectivity index (χ0v) is 12.9. The van der Waals surface area contributed by atoms with Crippen LogP contribution in [0.1, 0.15) is 32.6 Å². The molecule has 0 aliphatic heterocycles. The molecule has 1 aliphatic rings. The van der Waals surface area contributed by atoms with Gasteiger partial charge in [-0.05, 0) is 31.7 Å². The maximum atomic E-state index is 11.9. The number of nitrogens with one attached hydrogen (secondary N) is 1. The molecule has 0 spiro atoms. The van der Waals surface area contributed by atoms with E-state index in [9.17, 15) is 4.79 Å². The molecular weight excluding hydrogens is 274 g/mol. The largest absolute Gasteiger partial charge is 0.368 e. The van der Waals surface area contributed by atoms with Gasteiger partial charge >= 0.3 is 0 Å². The molecule has 1 aliphatic carbocycles. The van der Waals surface area contributed by atoms with Gasteiger partial charge in [0.1, 0.15) is 11.9 Å². The normalized spacial score (nSPS) is 26.0. The molecule has 20 heavy (non-hydrogen) atoms. The standard InChI is InChI=1S/C13H23N5OS/c1-3-16-13(11(14)19)7-4-5-10(13)6-8-20-12-15-9-17-18(12)2/h9-10,16H,3-8H2,1-2H3,(H2,14,19). The Morgan fingerprint density at radius 3 is 3.10 bits per heavy atom. The fourth-order valence-electron chi connectivity index (χ4n) is 3.14. The SMILES string of the molecule is CCNC1(C(N)=O)CCCC1CCSc1ncnn1C. The molecule has 0 bridgehead atoms. The van der Waals surface area contributed by atoms with E-state index in [1.165, 1.54) is 0 Å². The van der Waals surface area contributed by atoms with Gasteiger partial charge in [-0.1, -0.05) is 25.1 Å². The predicted molar refractivity (Wildman–Crippen MR) is 79.3 cm³/mol. The van der Waals surface area contributed by atoms with Gasteiger partial charge in [-0.3, -0.25) is 4.79 Å². The first-order valence-electron chi connectivity index (χ1n) is 7.12. The Kier molecular flexibility index (Phi) is 5.04. The van der Waals surface area contributed by atoms with Crippen LogP contribution < -0.4 is 11.1 Å². The number of aromatic nitrogens is 3. The number of nitrogens with two attached hydrogens (primary N) is 1. The zero-order valence-electron chi connectivity index (χ0n) is 12.1. The molecule has 1 aromatic rings. The Bertz CT molecular complexity index is 463. The topological polar surface area (TPSA) is 85.8 Å². The van der Waals surface area contributed by atoms with Gasteiger partial charge in [-0.15, -0.1) is 0 Å². The van der Waals surface area contributed by atoms with Crippen LogP contribution in [0.2, 0.25) is 0 Å². The van der Waals surface area contributed by atoms with Gasteiger partial charge in [-0.2, -0.15) is 5.10 Å². The summed E-state index contributed by atoms with van der Waals surface area (Å²) in [5.74, 6) is 1.05. The average molecular weight is 297 g/mol. The van der Waals surface area contributed by atoms with E-state index in [4.69, 9.17) is 5.73 Å². The van der Waals surface area contributed by atoms with Crippen LogP contribution >= 0.6 is 11.8 Å². The molecule has 2 unspecified atom stereocenters. The van der Waals surface area contributed by atoms with E-state index in [0.717, 1.165) is 43.1 Å². The van der Waals surface area contributed by atoms with Gasteiger partial charge in [0, 0.05) is 12.8 Å². The highest BCUT2D eigenvalue weighted by Gasteiger charge is 2.46. The first kappa shape index (κ1) is 15.3. The van der Waals surface area contributed by atoms with Crippen molar-refractivity contribution < 1.29 is 4.79 Å². The molecule has 1 aromatic heterocycles. The Labute approximate surface area is 123 Å². The quantitative estimate of drug-likeness (QED) is 0.731. The Morgan fingerprint density at radius 1 is 1.70 bits per heavy atom. The number of aryl methyl sites for hydroxylation is 1. The predicted octanol–water partition coefficient (Wildman–Crippen LogP) is 0.931. The zero-order chi connectivity index (χ0) is 14.6. The third kappa shape index (κ3) is 2.98. The van der Waals surface area contributed by atoms with Crippen LogP contribution in [0.5, 0.6) is 0 Å². The number of carbonyl (C=O) groups excluding carboxylic acids is 1. The van der Waals surface area contributed by atoms with Crippen LogP contribution in [0.3, 0.4) is 0 Å². The summed E-state index contributed by atoms with van der Waals surface area (Å²) >= 11 is 1.68. The van der Waals surface area contributed by atoms with Crippen LogP contribution in [0, 0.1) is 5.92 Å². The van der Waals surface area contributed by atoms with E-state index in [1.807, 2.05) is 14.0 Å². The molecule has 6 nitrogen and oxygen atoms in total. The monoisotopic (exact) mass is 297 g/mol. The molecule has 1 fully saturated rings. The lowest BCUT2D eigenvalue weighted by Crippen LogP contribution is -2.57. The molecule has 7 heteroatoms. The Balaban J connectivity index is 1.94. The maximum Gasteiger partial charge on any atom is 0.238 e. The molecule has 2 rings (SSSR count). The van der Waals surface area contributed by atoms with E-state index in [2.05, 4.69) is 15.4 Å². The summed E-state index contributed by atoms with van der Waals surface area (Å²) in [7, 11) is 1.89. The van der Waals surface area contributed by atoms with Crippen molar-refractivity contribution in [2.45, 2.75) is 43.3 Å². The van der Waals surface area contributed by atoms with Crippen molar-refractivity contribution >= 4 is 17.7 Å². The van der Waals surface area contributed by atoms with Gasteiger partial charge in [0.05, 0.1) is 0 Å². The number of amides is 1. The average Bonchev–Trinajstić information content (AvgIpc) is 2.99. The van der Waals surface area contributed by atoms with Crippen LogP contribution in [-0.2, 0) is 11.8 Å². The molecule has 0 aromatic carbocycles. The fourth-order valence-corrected chi connectivity index (χ4v) is 4.08. The Morgan fingerprint density at radius 2 is 2.50 bits per heavy atom. The molecule has 2 atom stereocenters. The second-order valence-corrected chi connectivity index (χ2v) is 6.32. The first-order valence-corrected chi connectivity index (χ1v) is 8.10. The lowest BCUT2D eigenvalue weighted by atomic mass is 9.84. The summed E-state index contributed by atoms with van der Waals surface area (Å²) in [6, 6.07) is 0. The van der Waals surface area contributed by atoms with Gasteiger partial charge < -0.3 is 11.1 Å². The number of likely N-dealkylation sites (N-methyl/N-ethyl adjacent to an activating group) is 1. The van der Waals surface area contributed by atoms with Crippen molar-refractivity contribution in [2.75, 3.05) is 12.3 Å². The van der Waals surface area contributed by atoms with Gasteiger partial charge in [0.15, 0.2) is 5.16 Å². The van der Waals surface area contributed by atoms with E-state index in [-0.39, 0.29) is 5.91 Å². The maximum absolute atomic E-state index is 11.9. The smallest absolute Gasteiger partial charge is 0.238 e. The minimum absolute atomic E-state index is 0.203. The second kappa shape index (κ2) is 6.58. The number of hydrogen-bond acceptors (Lipinski definition) is 5. The van der Waals surface area contributed by atoms with Gasteiger partial charge in [-0.25, -0.2) is 9.67 Å². The number of hydrogen-bond donors (Lipinski definition) is 2. The lowest BCUT2D eigenvalue weighted by Gasteiger charge is -2.33. The molecule has 1 saturated carbocycles. The van der Waals surface area contributed by atoms with Gasteiger partial charge in [0.25, 0.3) is 0 Å². The van der Waals surface area contributed by atoms with E-state index >= 15 is 0 Å². The summed E-state index contributed by atoms with van der Waals surface area (Å²) in [5.41, 5.74) is 5.16.